The number of nitrogens with zero attached hydrogens (tertiary/aromatic N) is 4. The van der Waals surface area contributed by atoms with Crippen molar-refractivity contribution in [2.45, 2.75) is 13.8 Å². The summed E-state index contributed by atoms with van der Waals surface area (Å²) in [5.41, 5.74) is 1.82. The van der Waals surface area contributed by atoms with Crippen LogP contribution in [0.5, 0.6) is 0 Å². The van der Waals surface area contributed by atoms with E-state index in [0.717, 1.165) is 19.6 Å². The zero-order valence-electron chi connectivity index (χ0n) is 15.9. The molecule has 1 saturated heterocycles. The van der Waals surface area contributed by atoms with E-state index in [0.29, 0.717) is 24.3 Å². The zero-order valence-corrected chi connectivity index (χ0v) is 15.9. The van der Waals surface area contributed by atoms with E-state index in [-0.39, 0.29) is 5.71 Å². The van der Waals surface area contributed by atoms with E-state index < -0.39 is 35.0 Å². The minimum atomic E-state index is -1.79. The minimum absolute atomic E-state index is 0.169. The lowest BCUT2D eigenvalue weighted by Crippen LogP contribution is -2.46. The number of halogens is 5. The summed E-state index contributed by atoms with van der Waals surface area (Å²) in [4.78, 5) is 6.69. The third-order valence-corrected chi connectivity index (χ3v) is 4.86. The van der Waals surface area contributed by atoms with Gasteiger partial charge in [0.05, 0.1) is 11.4 Å². The molecular formula is C19H20F5N5. The zero-order chi connectivity index (χ0) is 21.1. The Bertz CT molecular complexity index is 899. The van der Waals surface area contributed by atoms with E-state index in [4.69, 9.17) is 0 Å². The highest BCUT2D eigenvalue weighted by Gasteiger charge is 2.21. The van der Waals surface area contributed by atoms with Gasteiger partial charge in [0.15, 0.2) is 0 Å². The Labute approximate surface area is 164 Å². The Morgan fingerprint density at radius 2 is 1.66 bits per heavy atom. The smallest absolute Gasteiger partial charge is 0.254 e. The predicted molar refractivity (Wildman–Crippen MR) is 101 cm³/mol. The van der Waals surface area contributed by atoms with E-state index >= 15 is 0 Å². The van der Waals surface area contributed by atoms with Gasteiger partial charge in [-0.2, -0.15) is 27.6 Å². The SMILES string of the molecule is CCN1CCN(c2ccc(/C(C)=N\Nc3c(F)c(F)nc(F)c3F)cc2F)CC1. The maximum absolute atomic E-state index is 14.6. The summed E-state index contributed by atoms with van der Waals surface area (Å²) in [7, 11) is 0. The summed E-state index contributed by atoms with van der Waals surface area (Å²) in [6.07, 6.45) is 0. The van der Waals surface area contributed by atoms with Gasteiger partial charge in [0.2, 0.25) is 11.6 Å². The van der Waals surface area contributed by atoms with Gasteiger partial charge in [-0.15, -0.1) is 0 Å². The predicted octanol–water partition coefficient (Wildman–Crippen LogP) is 3.76. The van der Waals surface area contributed by atoms with Crippen LogP contribution in [0.1, 0.15) is 19.4 Å². The average molecular weight is 413 g/mol. The van der Waals surface area contributed by atoms with Gasteiger partial charge in [0, 0.05) is 31.7 Å². The Balaban J connectivity index is 1.77. The van der Waals surface area contributed by atoms with Crippen molar-refractivity contribution in [3.8, 4) is 0 Å². The number of rotatable bonds is 5. The van der Waals surface area contributed by atoms with Crippen LogP contribution in [0.3, 0.4) is 0 Å². The van der Waals surface area contributed by atoms with Gasteiger partial charge in [-0.1, -0.05) is 13.0 Å². The largest absolute Gasteiger partial charge is 0.367 e. The van der Waals surface area contributed by atoms with Crippen molar-refractivity contribution in [2.75, 3.05) is 43.0 Å². The van der Waals surface area contributed by atoms with Gasteiger partial charge in [0.25, 0.3) is 11.9 Å². The topological polar surface area (TPSA) is 43.8 Å². The number of nitrogens with one attached hydrogen (secondary N) is 1. The van der Waals surface area contributed by atoms with Crippen molar-refractivity contribution in [2.24, 2.45) is 5.10 Å². The molecule has 0 spiro atoms. The molecule has 1 aromatic heterocycles. The number of pyridine rings is 1. The lowest BCUT2D eigenvalue weighted by Gasteiger charge is -2.35. The van der Waals surface area contributed by atoms with Gasteiger partial charge < -0.3 is 9.80 Å². The van der Waals surface area contributed by atoms with Gasteiger partial charge in [-0.3, -0.25) is 5.43 Å². The Hall–Kier alpha value is -2.75. The van der Waals surface area contributed by atoms with Crippen LogP contribution in [0.2, 0.25) is 0 Å². The fraction of sp³-hybridized carbons (Fsp3) is 0.368. The van der Waals surface area contributed by atoms with Crippen LogP contribution in [0.4, 0.5) is 33.3 Å². The molecule has 0 aliphatic carbocycles. The van der Waals surface area contributed by atoms with Crippen LogP contribution in [0, 0.1) is 29.3 Å². The molecule has 5 nitrogen and oxygen atoms in total. The van der Waals surface area contributed by atoms with Crippen molar-refractivity contribution < 1.29 is 22.0 Å². The normalized spacial score (nSPS) is 15.7. The molecule has 2 heterocycles. The molecular weight excluding hydrogens is 393 g/mol. The second-order valence-corrected chi connectivity index (χ2v) is 6.59. The van der Waals surface area contributed by atoms with E-state index in [1.807, 2.05) is 10.3 Å². The summed E-state index contributed by atoms with van der Waals surface area (Å²) in [6, 6.07) is 4.48. The lowest BCUT2D eigenvalue weighted by atomic mass is 10.1. The van der Waals surface area contributed by atoms with Crippen LogP contribution in [-0.2, 0) is 0 Å². The summed E-state index contributed by atoms with van der Waals surface area (Å²) < 4.78 is 68.2. The number of benzene rings is 1. The number of aromatic nitrogens is 1. The van der Waals surface area contributed by atoms with Gasteiger partial charge in [-0.05, 0) is 25.6 Å². The Morgan fingerprint density at radius 1 is 1.03 bits per heavy atom. The first kappa shape index (κ1) is 21.0. The monoisotopic (exact) mass is 413 g/mol. The third kappa shape index (κ3) is 4.47. The summed E-state index contributed by atoms with van der Waals surface area (Å²) >= 11 is 0. The molecule has 3 rings (SSSR count). The molecule has 0 bridgehead atoms. The molecule has 1 aliphatic heterocycles. The highest BCUT2D eigenvalue weighted by molar-refractivity contribution is 5.99. The van der Waals surface area contributed by atoms with Crippen molar-refractivity contribution in [3.63, 3.8) is 0 Å². The Morgan fingerprint density at radius 3 is 2.21 bits per heavy atom. The maximum atomic E-state index is 14.6. The van der Waals surface area contributed by atoms with Gasteiger partial charge in [0.1, 0.15) is 11.5 Å². The maximum Gasteiger partial charge on any atom is 0.254 e. The van der Waals surface area contributed by atoms with Crippen molar-refractivity contribution in [1.29, 1.82) is 0 Å². The second-order valence-electron chi connectivity index (χ2n) is 6.59. The molecule has 1 aromatic carbocycles. The minimum Gasteiger partial charge on any atom is -0.367 e. The number of hydrogen-bond donors (Lipinski definition) is 1. The highest BCUT2D eigenvalue weighted by Crippen LogP contribution is 2.24. The number of hydrazone groups is 1. The number of hydrogen-bond acceptors (Lipinski definition) is 5. The first-order valence-electron chi connectivity index (χ1n) is 9.09. The molecule has 0 radical (unpaired) electrons. The molecule has 0 unspecified atom stereocenters. The number of likely N-dealkylation sites (N-methyl/N-ethyl adjacent to an activating group) is 1. The van der Waals surface area contributed by atoms with Gasteiger partial charge >= 0.3 is 0 Å². The van der Waals surface area contributed by atoms with Crippen molar-refractivity contribution in [1.82, 2.24) is 9.88 Å². The van der Waals surface area contributed by atoms with Crippen LogP contribution in [0.25, 0.3) is 0 Å². The molecule has 1 N–H and O–H groups in total. The van der Waals surface area contributed by atoms with Crippen molar-refractivity contribution in [3.05, 3.63) is 53.1 Å². The van der Waals surface area contributed by atoms with Crippen LogP contribution >= 0.6 is 0 Å². The van der Waals surface area contributed by atoms with Gasteiger partial charge in [-0.25, -0.2) is 4.39 Å². The fourth-order valence-corrected chi connectivity index (χ4v) is 3.08. The van der Waals surface area contributed by atoms with Crippen molar-refractivity contribution >= 4 is 17.1 Å². The first-order valence-corrected chi connectivity index (χ1v) is 9.09. The third-order valence-electron chi connectivity index (χ3n) is 4.86. The lowest BCUT2D eigenvalue weighted by molar-refractivity contribution is 0.270. The summed E-state index contributed by atoms with van der Waals surface area (Å²) in [5.74, 6) is -7.45. The fourth-order valence-electron chi connectivity index (χ4n) is 3.08. The molecule has 0 atom stereocenters. The van der Waals surface area contributed by atoms with E-state index in [1.165, 1.54) is 13.0 Å². The number of piperazine rings is 1. The molecule has 156 valence electrons. The van der Waals surface area contributed by atoms with Crippen LogP contribution < -0.4 is 10.3 Å². The second kappa shape index (κ2) is 8.73. The quantitative estimate of drug-likeness (QED) is 0.351. The molecule has 1 aliphatic rings. The molecule has 1 fully saturated rings. The van der Waals surface area contributed by atoms with Crippen LogP contribution in [-0.4, -0.2) is 48.3 Å². The average Bonchev–Trinajstić information content (AvgIpc) is 2.72. The van der Waals surface area contributed by atoms with E-state index in [9.17, 15) is 22.0 Å². The van der Waals surface area contributed by atoms with E-state index in [1.54, 1.807) is 12.1 Å². The first-order chi connectivity index (χ1) is 13.8. The summed E-state index contributed by atoms with van der Waals surface area (Å²) in [6.45, 7) is 7.59. The van der Waals surface area contributed by atoms with E-state index in [2.05, 4.69) is 21.9 Å². The molecule has 0 saturated carbocycles. The molecule has 10 heteroatoms. The molecule has 2 aromatic rings. The number of anilines is 2. The molecule has 29 heavy (non-hydrogen) atoms. The standard InChI is InChI=1S/C19H20F5N5/c1-3-28-6-8-29(9-7-28)14-5-4-12(10-13(14)20)11(2)26-27-17-15(21)18(23)25-19(24)16(17)22/h4-5,10H,3,6-9H2,1-2H3,(H,25,27)/b26-11-. The Kier molecular flexibility index (Phi) is 6.31. The molecule has 0 amide bonds. The highest BCUT2D eigenvalue weighted by atomic mass is 19.2. The van der Waals surface area contributed by atoms with Crippen LogP contribution in [0.15, 0.2) is 23.3 Å². The summed E-state index contributed by atoms with van der Waals surface area (Å²) in [5, 5.41) is 3.71.